The number of methoxy groups -OCH3 is 4. The van der Waals surface area contributed by atoms with Gasteiger partial charge in [-0.3, -0.25) is 4.79 Å². The number of carbonyl (C=O) groups excluding carboxylic acids is 1. The number of halogens is 1. The van der Waals surface area contributed by atoms with E-state index in [1.54, 1.807) is 37.4 Å². The fourth-order valence-electron chi connectivity index (χ4n) is 2.15. The van der Waals surface area contributed by atoms with E-state index in [9.17, 15) is 4.79 Å². The molecule has 24 heavy (non-hydrogen) atoms. The Bertz CT molecular complexity index is 748. The molecule has 0 atom stereocenters. The van der Waals surface area contributed by atoms with Crippen molar-refractivity contribution in [2.24, 2.45) is 0 Å². The van der Waals surface area contributed by atoms with Gasteiger partial charge in [-0.05, 0) is 40.2 Å². The fourth-order valence-corrected chi connectivity index (χ4v) is 2.75. The van der Waals surface area contributed by atoms with Gasteiger partial charge in [0.05, 0.1) is 38.6 Å². The molecule has 2 aromatic rings. The van der Waals surface area contributed by atoms with E-state index in [1.165, 1.54) is 21.3 Å². The molecule has 128 valence electrons. The molecule has 0 aliphatic heterocycles. The Labute approximate surface area is 148 Å². The van der Waals surface area contributed by atoms with Crippen LogP contribution in [0.1, 0.15) is 10.4 Å². The third-order valence-corrected chi connectivity index (χ3v) is 3.94. The van der Waals surface area contributed by atoms with E-state index in [2.05, 4.69) is 21.2 Å². The molecule has 0 aliphatic rings. The molecule has 0 aliphatic carbocycles. The molecule has 0 spiro atoms. The van der Waals surface area contributed by atoms with Gasteiger partial charge in [-0.2, -0.15) is 0 Å². The van der Waals surface area contributed by atoms with E-state index in [0.717, 1.165) is 0 Å². The van der Waals surface area contributed by atoms with Crippen molar-refractivity contribution >= 4 is 27.5 Å². The summed E-state index contributed by atoms with van der Waals surface area (Å²) in [6.07, 6.45) is 0. The topological polar surface area (TPSA) is 66.0 Å². The lowest BCUT2D eigenvalue weighted by atomic mass is 10.1. The first-order valence-corrected chi connectivity index (χ1v) is 7.78. The Morgan fingerprint density at radius 2 is 1.62 bits per heavy atom. The van der Waals surface area contributed by atoms with Crippen LogP contribution in [0.3, 0.4) is 0 Å². The molecule has 2 aromatic carbocycles. The molecule has 6 nitrogen and oxygen atoms in total. The standard InChI is InChI=1S/C17H18BrNO5/c1-21-11-5-6-13(14(9-11)22-2)19-17(20)10-7-12(18)16(24-4)15(8-10)23-3/h5-9H,1-4H3,(H,19,20). The van der Waals surface area contributed by atoms with Gasteiger partial charge < -0.3 is 24.3 Å². The first-order chi connectivity index (χ1) is 11.5. The Kier molecular flexibility index (Phi) is 5.92. The van der Waals surface area contributed by atoms with Crippen LogP contribution in [0.4, 0.5) is 5.69 Å². The van der Waals surface area contributed by atoms with E-state index in [-0.39, 0.29) is 5.91 Å². The van der Waals surface area contributed by atoms with Crippen LogP contribution in [0.5, 0.6) is 23.0 Å². The minimum atomic E-state index is -0.305. The van der Waals surface area contributed by atoms with Crippen LogP contribution < -0.4 is 24.3 Å². The van der Waals surface area contributed by atoms with Gasteiger partial charge in [-0.25, -0.2) is 0 Å². The van der Waals surface area contributed by atoms with Gasteiger partial charge in [0.2, 0.25) is 0 Å². The number of amides is 1. The van der Waals surface area contributed by atoms with E-state index in [0.29, 0.717) is 38.7 Å². The predicted molar refractivity (Wildman–Crippen MR) is 94.7 cm³/mol. The predicted octanol–water partition coefficient (Wildman–Crippen LogP) is 3.74. The van der Waals surface area contributed by atoms with Crippen LogP contribution in [0.2, 0.25) is 0 Å². The highest BCUT2D eigenvalue weighted by atomic mass is 79.9. The molecule has 0 saturated carbocycles. The molecule has 2 rings (SSSR count). The van der Waals surface area contributed by atoms with Crippen LogP contribution in [0, 0.1) is 0 Å². The number of benzene rings is 2. The van der Waals surface area contributed by atoms with Gasteiger partial charge >= 0.3 is 0 Å². The maximum atomic E-state index is 12.5. The zero-order chi connectivity index (χ0) is 17.7. The number of nitrogens with one attached hydrogen (secondary N) is 1. The molecule has 0 unspecified atom stereocenters. The first kappa shape index (κ1) is 17.9. The van der Waals surface area contributed by atoms with Crippen molar-refractivity contribution in [2.45, 2.75) is 0 Å². The molecule has 1 amide bonds. The normalized spacial score (nSPS) is 10.0. The molecule has 0 radical (unpaired) electrons. The molecule has 7 heteroatoms. The largest absolute Gasteiger partial charge is 0.497 e. The van der Waals surface area contributed by atoms with Gasteiger partial charge in [-0.15, -0.1) is 0 Å². The summed E-state index contributed by atoms with van der Waals surface area (Å²) in [5.41, 5.74) is 0.951. The molecular weight excluding hydrogens is 378 g/mol. The van der Waals surface area contributed by atoms with Crippen molar-refractivity contribution in [3.05, 3.63) is 40.4 Å². The summed E-state index contributed by atoms with van der Waals surface area (Å²) in [5.74, 6) is 1.82. The highest BCUT2D eigenvalue weighted by Gasteiger charge is 2.16. The molecular formula is C17H18BrNO5. The molecule has 0 fully saturated rings. The van der Waals surface area contributed by atoms with Gasteiger partial charge in [0.1, 0.15) is 11.5 Å². The summed E-state index contributed by atoms with van der Waals surface area (Å²) < 4.78 is 21.5. The smallest absolute Gasteiger partial charge is 0.255 e. The third kappa shape index (κ3) is 3.73. The Morgan fingerprint density at radius 3 is 2.21 bits per heavy atom. The molecule has 0 saturated heterocycles. The van der Waals surface area contributed by atoms with Crippen molar-refractivity contribution < 1.29 is 23.7 Å². The molecule has 0 bridgehead atoms. The van der Waals surface area contributed by atoms with Gasteiger partial charge in [-0.1, -0.05) is 0 Å². The summed E-state index contributed by atoms with van der Waals surface area (Å²) in [4.78, 5) is 12.5. The van der Waals surface area contributed by atoms with Gasteiger partial charge in [0.25, 0.3) is 5.91 Å². The molecule has 1 N–H and O–H groups in total. The van der Waals surface area contributed by atoms with Crippen LogP contribution in [-0.2, 0) is 0 Å². The van der Waals surface area contributed by atoms with Crippen LogP contribution in [0.25, 0.3) is 0 Å². The van der Waals surface area contributed by atoms with E-state index < -0.39 is 0 Å². The maximum absolute atomic E-state index is 12.5. The lowest BCUT2D eigenvalue weighted by molar-refractivity contribution is 0.102. The second kappa shape index (κ2) is 7.92. The van der Waals surface area contributed by atoms with E-state index in [4.69, 9.17) is 18.9 Å². The summed E-state index contributed by atoms with van der Waals surface area (Å²) in [5, 5.41) is 2.81. The molecule has 0 heterocycles. The minimum absolute atomic E-state index is 0.305. The van der Waals surface area contributed by atoms with Crippen LogP contribution in [0.15, 0.2) is 34.8 Å². The number of anilines is 1. The van der Waals surface area contributed by atoms with E-state index in [1.807, 2.05) is 0 Å². The summed E-state index contributed by atoms with van der Waals surface area (Å²) >= 11 is 3.37. The van der Waals surface area contributed by atoms with Crippen molar-refractivity contribution in [2.75, 3.05) is 33.8 Å². The Balaban J connectivity index is 2.32. The van der Waals surface area contributed by atoms with Crippen molar-refractivity contribution in [3.8, 4) is 23.0 Å². The number of carbonyl (C=O) groups is 1. The second-order valence-electron chi connectivity index (χ2n) is 4.71. The SMILES string of the molecule is COc1ccc(NC(=O)c2cc(Br)c(OC)c(OC)c2)c(OC)c1. The van der Waals surface area contributed by atoms with Crippen molar-refractivity contribution in [3.63, 3.8) is 0 Å². The molecule has 0 aromatic heterocycles. The summed E-state index contributed by atoms with van der Waals surface area (Å²) in [7, 11) is 6.13. The quantitative estimate of drug-likeness (QED) is 0.806. The zero-order valence-electron chi connectivity index (χ0n) is 13.8. The number of ether oxygens (including phenoxy) is 4. The van der Waals surface area contributed by atoms with Gasteiger partial charge in [0.15, 0.2) is 11.5 Å². The van der Waals surface area contributed by atoms with Crippen molar-refractivity contribution in [1.82, 2.24) is 0 Å². The maximum Gasteiger partial charge on any atom is 0.255 e. The fraction of sp³-hybridized carbons (Fsp3) is 0.235. The average molecular weight is 396 g/mol. The second-order valence-corrected chi connectivity index (χ2v) is 5.57. The number of hydrogen-bond acceptors (Lipinski definition) is 5. The average Bonchev–Trinajstić information content (AvgIpc) is 2.61. The highest BCUT2D eigenvalue weighted by Crippen LogP contribution is 2.37. The number of rotatable bonds is 6. The van der Waals surface area contributed by atoms with Gasteiger partial charge in [0, 0.05) is 11.6 Å². The van der Waals surface area contributed by atoms with Crippen LogP contribution in [-0.4, -0.2) is 34.3 Å². The lowest BCUT2D eigenvalue weighted by Crippen LogP contribution is -2.13. The Morgan fingerprint density at radius 1 is 0.917 bits per heavy atom. The zero-order valence-corrected chi connectivity index (χ0v) is 15.4. The first-order valence-electron chi connectivity index (χ1n) is 6.99. The third-order valence-electron chi connectivity index (χ3n) is 3.35. The lowest BCUT2D eigenvalue weighted by Gasteiger charge is -2.14. The summed E-state index contributed by atoms with van der Waals surface area (Å²) in [6, 6.07) is 8.41. The van der Waals surface area contributed by atoms with Crippen molar-refractivity contribution in [1.29, 1.82) is 0 Å². The Hall–Kier alpha value is -2.41. The number of hydrogen-bond donors (Lipinski definition) is 1. The van der Waals surface area contributed by atoms with E-state index >= 15 is 0 Å². The highest BCUT2D eigenvalue weighted by molar-refractivity contribution is 9.10. The monoisotopic (exact) mass is 395 g/mol. The minimum Gasteiger partial charge on any atom is -0.497 e. The summed E-state index contributed by atoms with van der Waals surface area (Å²) in [6.45, 7) is 0. The van der Waals surface area contributed by atoms with Crippen LogP contribution >= 0.6 is 15.9 Å².